The molecule has 0 saturated heterocycles. The molecule has 2 heterocycles. The molecule has 1 aromatic carbocycles. The molecule has 19 heavy (non-hydrogen) atoms. The van der Waals surface area contributed by atoms with Gasteiger partial charge in [-0.25, -0.2) is 0 Å². The van der Waals surface area contributed by atoms with E-state index in [-0.39, 0.29) is 0 Å². The van der Waals surface area contributed by atoms with Crippen LogP contribution in [-0.2, 0) is 6.42 Å². The lowest BCUT2D eigenvalue weighted by Crippen LogP contribution is -2.22. The predicted octanol–water partition coefficient (Wildman–Crippen LogP) is 4.39. The zero-order chi connectivity index (χ0) is 13.1. The number of likely N-dealkylation sites (N-methyl/N-ethyl adjacent to an activating group) is 1. The van der Waals surface area contributed by atoms with Crippen LogP contribution in [-0.4, -0.2) is 6.54 Å². The van der Waals surface area contributed by atoms with Gasteiger partial charge in [-0.3, -0.25) is 0 Å². The van der Waals surface area contributed by atoms with Gasteiger partial charge in [-0.05, 0) is 24.1 Å². The van der Waals surface area contributed by atoms with Crippen LogP contribution in [0.25, 0.3) is 11.0 Å². The fourth-order valence-corrected chi connectivity index (χ4v) is 3.19. The van der Waals surface area contributed by atoms with Gasteiger partial charge in [0.15, 0.2) is 0 Å². The summed E-state index contributed by atoms with van der Waals surface area (Å²) in [6.45, 7) is 3.10. The summed E-state index contributed by atoms with van der Waals surface area (Å²) in [5.74, 6) is 0. The van der Waals surface area contributed by atoms with Crippen LogP contribution in [0, 0.1) is 0 Å². The van der Waals surface area contributed by atoms with E-state index >= 15 is 0 Å². The summed E-state index contributed by atoms with van der Waals surface area (Å²) in [7, 11) is 0. The summed E-state index contributed by atoms with van der Waals surface area (Å²) in [6.07, 6.45) is 2.90. The van der Waals surface area contributed by atoms with Crippen molar-refractivity contribution in [2.45, 2.75) is 19.4 Å². The Hall–Kier alpha value is -1.58. The van der Waals surface area contributed by atoms with Gasteiger partial charge in [0.1, 0.15) is 5.58 Å². The Kier molecular flexibility index (Phi) is 3.67. The lowest BCUT2D eigenvalue weighted by atomic mass is 10.0. The second kappa shape index (κ2) is 5.59. The second-order valence-corrected chi connectivity index (χ2v) is 5.61. The number of thiophene rings is 1. The number of benzene rings is 1. The third-order valence-electron chi connectivity index (χ3n) is 3.32. The fraction of sp³-hybridized carbons (Fsp3) is 0.250. The number of hydrogen-bond acceptors (Lipinski definition) is 3. The summed E-state index contributed by atoms with van der Waals surface area (Å²) in [4.78, 5) is 1.40. The molecule has 3 aromatic rings. The molecule has 0 fully saturated rings. The molecule has 0 aliphatic rings. The highest BCUT2D eigenvalue weighted by Gasteiger charge is 2.16. The minimum atomic E-state index is 0.312. The number of fused-ring (bicyclic) bond motifs is 1. The highest BCUT2D eigenvalue weighted by Crippen LogP contribution is 2.29. The molecule has 0 saturated carbocycles. The Balaban J connectivity index is 1.95. The van der Waals surface area contributed by atoms with Crippen LogP contribution >= 0.6 is 11.3 Å². The molecular formula is C16H17NOS. The van der Waals surface area contributed by atoms with Crippen LogP contribution in [0.15, 0.2) is 52.5 Å². The van der Waals surface area contributed by atoms with E-state index in [1.54, 1.807) is 0 Å². The largest absolute Gasteiger partial charge is 0.464 e. The van der Waals surface area contributed by atoms with Crippen molar-refractivity contribution in [1.82, 2.24) is 5.32 Å². The Morgan fingerprint density at radius 1 is 1.21 bits per heavy atom. The Bertz CT molecular complexity index is 642. The first-order valence-electron chi connectivity index (χ1n) is 6.60. The quantitative estimate of drug-likeness (QED) is 0.744. The average molecular weight is 271 g/mol. The molecule has 2 aromatic heterocycles. The van der Waals surface area contributed by atoms with Crippen molar-refractivity contribution >= 4 is 22.3 Å². The van der Waals surface area contributed by atoms with E-state index < -0.39 is 0 Å². The van der Waals surface area contributed by atoms with Crippen molar-refractivity contribution in [3.63, 3.8) is 0 Å². The number of furan rings is 1. The molecule has 0 bridgehead atoms. The minimum absolute atomic E-state index is 0.312. The van der Waals surface area contributed by atoms with E-state index in [0.29, 0.717) is 6.04 Å². The van der Waals surface area contributed by atoms with Crippen molar-refractivity contribution in [3.8, 4) is 0 Å². The fourth-order valence-electron chi connectivity index (χ4n) is 2.44. The van der Waals surface area contributed by atoms with Gasteiger partial charge in [0, 0.05) is 28.3 Å². The van der Waals surface area contributed by atoms with Crippen LogP contribution in [0.3, 0.4) is 0 Å². The molecule has 1 atom stereocenters. The van der Waals surface area contributed by atoms with Gasteiger partial charge < -0.3 is 9.73 Å². The van der Waals surface area contributed by atoms with Crippen LogP contribution < -0.4 is 5.32 Å². The molecule has 3 heteroatoms. The highest BCUT2D eigenvalue weighted by molar-refractivity contribution is 7.09. The van der Waals surface area contributed by atoms with Crippen molar-refractivity contribution in [2.75, 3.05) is 6.54 Å². The molecule has 3 rings (SSSR count). The van der Waals surface area contributed by atoms with Crippen molar-refractivity contribution in [1.29, 1.82) is 0 Å². The van der Waals surface area contributed by atoms with Gasteiger partial charge in [-0.1, -0.05) is 31.2 Å². The Morgan fingerprint density at radius 3 is 2.89 bits per heavy atom. The maximum atomic E-state index is 5.66. The van der Waals surface area contributed by atoms with E-state index in [0.717, 1.165) is 18.5 Å². The minimum Gasteiger partial charge on any atom is -0.464 e. The van der Waals surface area contributed by atoms with Crippen LogP contribution in [0.1, 0.15) is 23.4 Å². The summed E-state index contributed by atoms with van der Waals surface area (Å²) in [5.41, 5.74) is 2.22. The van der Waals surface area contributed by atoms with Crippen LogP contribution in [0.2, 0.25) is 0 Å². The van der Waals surface area contributed by atoms with Crippen molar-refractivity contribution in [3.05, 3.63) is 58.5 Å². The molecule has 98 valence electrons. The molecule has 0 radical (unpaired) electrons. The lowest BCUT2D eigenvalue weighted by Gasteiger charge is -2.16. The number of rotatable bonds is 5. The molecule has 0 amide bonds. The van der Waals surface area contributed by atoms with Gasteiger partial charge in [0.2, 0.25) is 0 Å². The first kappa shape index (κ1) is 12.5. The van der Waals surface area contributed by atoms with E-state index in [9.17, 15) is 0 Å². The van der Waals surface area contributed by atoms with Crippen LogP contribution in [0.5, 0.6) is 0 Å². The lowest BCUT2D eigenvalue weighted by molar-refractivity contribution is 0.538. The van der Waals surface area contributed by atoms with Gasteiger partial charge in [0.25, 0.3) is 0 Å². The maximum Gasteiger partial charge on any atom is 0.134 e. The summed E-state index contributed by atoms with van der Waals surface area (Å²) < 4.78 is 5.66. The standard InChI is InChI=1S/C16H17NOS/c1-2-17-15(10-12-6-5-9-19-12)14-11-18-16-8-4-3-7-13(14)16/h3-9,11,15,17H,2,10H2,1H3. The van der Waals surface area contributed by atoms with Crippen molar-refractivity contribution in [2.24, 2.45) is 0 Å². The predicted molar refractivity (Wildman–Crippen MR) is 80.7 cm³/mol. The van der Waals surface area contributed by atoms with E-state index in [2.05, 4.69) is 41.9 Å². The van der Waals surface area contributed by atoms with Crippen LogP contribution in [0.4, 0.5) is 0 Å². The Labute approximate surface area is 117 Å². The second-order valence-electron chi connectivity index (χ2n) is 4.58. The SMILES string of the molecule is CCNC(Cc1cccs1)c1coc2ccccc12. The first-order valence-corrected chi connectivity index (χ1v) is 7.48. The van der Waals surface area contributed by atoms with Gasteiger partial charge in [-0.15, -0.1) is 11.3 Å². The van der Waals surface area contributed by atoms with Gasteiger partial charge in [0.05, 0.1) is 6.26 Å². The molecule has 1 unspecified atom stereocenters. The topological polar surface area (TPSA) is 25.2 Å². The maximum absolute atomic E-state index is 5.66. The number of para-hydroxylation sites is 1. The molecule has 0 spiro atoms. The van der Waals surface area contributed by atoms with Gasteiger partial charge >= 0.3 is 0 Å². The molecule has 1 N–H and O–H groups in total. The molecular weight excluding hydrogens is 254 g/mol. The van der Waals surface area contributed by atoms with Crippen molar-refractivity contribution < 1.29 is 4.42 Å². The van der Waals surface area contributed by atoms with Gasteiger partial charge in [-0.2, -0.15) is 0 Å². The molecule has 0 aliphatic heterocycles. The monoisotopic (exact) mass is 271 g/mol. The number of nitrogens with one attached hydrogen (secondary N) is 1. The zero-order valence-corrected chi connectivity index (χ0v) is 11.7. The van der Waals surface area contributed by atoms with E-state index in [1.807, 2.05) is 29.7 Å². The third kappa shape index (κ3) is 2.57. The summed E-state index contributed by atoms with van der Waals surface area (Å²) in [5, 5.41) is 6.91. The smallest absolute Gasteiger partial charge is 0.134 e. The zero-order valence-electron chi connectivity index (χ0n) is 10.9. The summed E-state index contributed by atoms with van der Waals surface area (Å²) in [6, 6.07) is 12.8. The number of hydrogen-bond donors (Lipinski definition) is 1. The third-order valence-corrected chi connectivity index (χ3v) is 4.22. The normalized spacial score (nSPS) is 12.9. The first-order chi connectivity index (χ1) is 9.38. The Morgan fingerprint density at radius 2 is 2.11 bits per heavy atom. The molecule has 0 aliphatic carbocycles. The highest BCUT2D eigenvalue weighted by atomic mass is 32.1. The molecule has 2 nitrogen and oxygen atoms in total. The summed E-state index contributed by atoms with van der Waals surface area (Å²) >= 11 is 1.81. The van der Waals surface area contributed by atoms with E-state index in [1.165, 1.54) is 15.8 Å². The average Bonchev–Trinajstić information content (AvgIpc) is 3.07. The van der Waals surface area contributed by atoms with E-state index in [4.69, 9.17) is 4.42 Å².